The normalized spacial score (nSPS) is 10.8. The highest BCUT2D eigenvalue weighted by Gasteiger charge is 2.01. The summed E-state index contributed by atoms with van der Waals surface area (Å²) in [5.41, 5.74) is 4.07. The smallest absolute Gasteiger partial charge is 0.128 e. The Morgan fingerprint density at radius 1 is 1.00 bits per heavy atom. The van der Waals surface area contributed by atoms with Crippen molar-refractivity contribution in [1.29, 1.82) is 0 Å². The highest BCUT2D eigenvalue weighted by molar-refractivity contribution is 5.45. The highest BCUT2D eigenvalue weighted by Crippen LogP contribution is 2.15. The lowest BCUT2D eigenvalue weighted by Crippen LogP contribution is -2.01. The second-order valence-electron chi connectivity index (χ2n) is 5.73. The number of nitrogens with one attached hydrogen (secondary N) is 1. The van der Waals surface area contributed by atoms with E-state index in [4.69, 9.17) is 0 Å². The van der Waals surface area contributed by atoms with Crippen molar-refractivity contribution in [2.24, 2.45) is 5.92 Å². The molecule has 2 aromatic rings. The van der Waals surface area contributed by atoms with Crippen molar-refractivity contribution in [1.82, 2.24) is 0 Å². The lowest BCUT2D eigenvalue weighted by atomic mass is 10.0. The van der Waals surface area contributed by atoms with E-state index in [0.29, 0.717) is 18.0 Å². The molecule has 0 unspecified atom stereocenters. The standard InChI is InChI=1S/C18H22FN/c1-13(2)10-15-5-7-16(8-6-15)12-20-17-9-4-14(3)18(19)11-17/h4-9,11,13,20H,10,12H2,1-3H3. The van der Waals surface area contributed by atoms with Crippen LogP contribution in [0.1, 0.15) is 30.5 Å². The Morgan fingerprint density at radius 2 is 1.65 bits per heavy atom. The molecule has 2 rings (SSSR count). The summed E-state index contributed by atoms with van der Waals surface area (Å²) in [7, 11) is 0. The first-order chi connectivity index (χ1) is 9.54. The predicted molar refractivity (Wildman–Crippen MR) is 83.4 cm³/mol. The van der Waals surface area contributed by atoms with Gasteiger partial charge in [0.05, 0.1) is 0 Å². The molecule has 0 atom stereocenters. The van der Waals surface area contributed by atoms with E-state index in [1.54, 1.807) is 19.1 Å². The largest absolute Gasteiger partial charge is 0.381 e. The van der Waals surface area contributed by atoms with Crippen LogP contribution in [0, 0.1) is 18.7 Å². The summed E-state index contributed by atoms with van der Waals surface area (Å²) in [5, 5.41) is 3.25. The minimum absolute atomic E-state index is 0.165. The number of benzene rings is 2. The third-order valence-corrected chi connectivity index (χ3v) is 3.34. The summed E-state index contributed by atoms with van der Waals surface area (Å²) >= 11 is 0. The third kappa shape index (κ3) is 4.09. The van der Waals surface area contributed by atoms with Crippen molar-refractivity contribution < 1.29 is 4.39 Å². The zero-order chi connectivity index (χ0) is 14.5. The van der Waals surface area contributed by atoms with Gasteiger partial charge in [-0.05, 0) is 48.1 Å². The molecule has 0 aromatic heterocycles. The van der Waals surface area contributed by atoms with Crippen LogP contribution in [0.15, 0.2) is 42.5 Å². The minimum Gasteiger partial charge on any atom is -0.381 e. The summed E-state index contributed by atoms with van der Waals surface area (Å²) in [5.74, 6) is 0.511. The Morgan fingerprint density at radius 3 is 2.25 bits per heavy atom. The van der Waals surface area contributed by atoms with E-state index < -0.39 is 0 Å². The van der Waals surface area contributed by atoms with Crippen molar-refractivity contribution in [3.63, 3.8) is 0 Å². The molecule has 0 bridgehead atoms. The van der Waals surface area contributed by atoms with Crippen molar-refractivity contribution >= 4 is 5.69 Å². The summed E-state index contributed by atoms with van der Waals surface area (Å²) < 4.78 is 13.4. The lowest BCUT2D eigenvalue weighted by Gasteiger charge is -2.09. The van der Waals surface area contributed by atoms with E-state index in [1.165, 1.54) is 11.1 Å². The van der Waals surface area contributed by atoms with Crippen molar-refractivity contribution in [3.8, 4) is 0 Å². The van der Waals surface area contributed by atoms with Crippen LogP contribution in [-0.4, -0.2) is 0 Å². The van der Waals surface area contributed by atoms with Crippen LogP contribution in [0.2, 0.25) is 0 Å². The molecule has 0 aliphatic carbocycles. The second kappa shape index (κ2) is 6.56. The van der Waals surface area contributed by atoms with Gasteiger partial charge in [0, 0.05) is 12.2 Å². The Balaban J connectivity index is 1.95. The van der Waals surface area contributed by atoms with Crippen molar-refractivity contribution in [3.05, 3.63) is 65.0 Å². The molecule has 106 valence electrons. The van der Waals surface area contributed by atoms with Crippen LogP contribution in [0.5, 0.6) is 0 Å². The summed E-state index contributed by atoms with van der Waals surface area (Å²) in [6, 6.07) is 13.9. The quantitative estimate of drug-likeness (QED) is 0.811. The molecular weight excluding hydrogens is 249 g/mol. The number of aryl methyl sites for hydroxylation is 1. The Labute approximate surface area is 120 Å². The van der Waals surface area contributed by atoms with Gasteiger partial charge in [-0.15, -0.1) is 0 Å². The molecule has 0 amide bonds. The first-order valence-electron chi connectivity index (χ1n) is 7.12. The fourth-order valence-electron chi connectivity index (χ4n) is 2.17. The highest BCUT2D eigenvalue weighted by atomic mass is 19.1. The molecule has 2 aromatic carbocycles. The maximum Gasteiger partial charge on any atom is 0.128 e. The predicted octanol–water partition coefficient (Wildman–Crippen LogP) is 4.94. The van der Waals surface area contributed by atoms with Gasteiger partial charge in [0.2, 0.25) is 0 Å². The maximum absolute atomic E-state index is 13.4. The van der Waals surface area contributed by atoms with Crippen LogP contribution in [0.4, 0.5) is 10.1 Å². The molecular formula is C18H22FN. The molecule has 0 aliphatic rings. The van der Waals surface area contributed by atoms with Gasteiger partial charge in [-0.25, -0.2) is 4.39 Å². The van der Waals surface area contributed by atoms with Crippen LogP contribution < -0.4 is 5.32 Å². The number of hydrogen-bond acceptors (Lipinski definition) is 1. The van der Waals surface area contributed by atoms with Crippen LogP contribution in [0.25, 0.3) is 0 Å². The van der Waals surface area contributed by atoms with Gasteiger partial charge in [-0.1, -0.05) is 44.2 Å². The molecule has 0 saturated carbocycles. The molecule has 0 saturated heterocycles. The monoisotopic (exact) mass is 271 g/mol. The molecule has 1 N–H and O–H groups in total. The van der Waals surface area contributed by atoms with Gasteiger partial charge in [0.15, 0.2) is 0 Å². The molecule has 1 nitrogen and oxygen atoms in total. The van der Waals surface area contributed by atoms with Crippen LogP contribution in [-0.2, 0) is 13.0 Å². The molecule has 0 radical (unpaired) electrons. The van der Waals surface area contributed by atoms with Crippen molar-refractivity contribution in [2.45, 2.75) is 33.7 Å². The molecule has 0 heterocycles. The Bertz CT molecular complexity index is 558. The van der Waals surface area contributed by atoms with Gasteiger partial charge in [0.1, 0.15) is 5.82 Å². The first kappa shape index (κ1) is 14.6. The lowest BCUT2D eigenvalue weighted by molar-refractivity contribution is 0.619. The van der Waals surface area contributed by atoms with Gasteiger partial charge < -0.3 is 5.32 Å². The number of hydrogen-bond donors (Lipinski definition) is 1. The van der Waals surface area contributed by atoms with Crippen molar-refractivity contribution in [2.75, 3.05) is 5.32 Å². The van der Waals surface area contributed by atoms with E-state index in [-0.39, 0.29) is 5.82 Å². The van der Waals surface area contributed by atoms with Gasteiger partial charge in [-0.2, -0.15) is 0 Å². The van der Waals surface area contributed by atoms with E-state index in [9.17, 15) is 4.39 Å². The molecule has 0 spiro atoms. The van der Waals surface area contributed by atoms with E-state index in [0.717, 1.165) is 12.1 Å². The maximum atomic E-state index is 13.4. The molecule has 2 heteroatoms. The molecule has 0 aliphatic heterocycles. The van der Waals surface area contributed by atoms with Crippen LogP contribution >= 0.6 is 0 Å². The van der Waals surface area contributed by atoms with E-state index in [1.807, 2.05) is 6.07 Å². The zero-order valence-corrected chi connectivity index (χ0v) is 12.4. The Kier molecular flexibility index (Phi) is 4.78. The average molecular weight is 271 g/mol. The third-order valence-electron chi connectivity index (χ3n) is 3.34. The first-order valence-corrected chi connectivity index (χ1v) is 7.12. The van der Waals surface area contributed by atoms with Crippen LogP contribution in [0.3, 0.4) is 0 Å². The number of rotatable bonds is 5. The topological polar surface area (TPSA) is 12.0 Å². The van der Waals surface area contributed by atoms with E-state index in [2.05, 4.69) is 43.4 Å². The SMILES string of the molecule is Cc1ccc(NCc2ccc(CC(C)C)cc2)cc1F. The zero-order valence-electron chi connectivity index (χ0n) is 12.4. The summed E-state index contributed by atoms with van der Waals surface area (Å²) in [4.78, 5) is 0. The van der Waals surface area contributed by atoms with Gasteiger partial charge >= 0.3 is 0 Å². The fourth-order valence-corrected chi connectivity index (χ4v) is 2.17. The van der Waals surface area contributed by atoms with Gasteiger partial charge in [0.25, 0.3) is 0 Å². The Hall–Kier alpha value is -1.83. The number of anilines is 1. The van der Waals surface area contributed by atoms with E-state index >= 15 is 0 Å². The summed E-state index contributed by atoms with van der Waals surface area (Å²) in [6.45, 7) is 6.93. The molecule has 20 heavy (non-hydrogen) atoms. The average Bonchev–Trinajstić information content (AvgIpc) is 2.41. The molecule has 0 fully saturated rings. The second-order valence-corrected chi connectivity index (χ2v) is 5.73. The van der Waals surface area contributed by atoms with Gasteiger partial charge in [-0.3, -0.25) is 0 Å². The minimum atomic E-state index is -0.165. The number of halogens is 1. The fraction of sp³-hybridized carbons (Fsp3) is 0.333. The summed E-state index contributed by atoms with van der Waals surface area (Å²) in [6.07, 6.45) is 1.11.